The number of nitrogen functional groups attached to an aromatic ring is 1. The minimum Gasteiger partial charge on any atom is -0.397 e. The molecule has 1 amide bonds. The summed E-state index contributed by atoms with van der Waals surface area (Å²) >= 11 is 5.83. The fraction of sp³-hybridized carbons (Fsp3) is 0.462. The fourth-order valence-corrected chi connectivity index (χ4v) is 2.40. The van der Waals surface area contributed by atoms with Crippen LogP contribution < -0.4 is 11.1 Å². The fourth-order valence-electron chi connectivity index (χ4n) is 2.29. The molecular weight excluding hydrogens is 236 g/mol. The Balaban J connectivity index is 2.10. The SMILES string of the molecule is CC1(C(=O)Nc2ccc(Cl)c(N)c2)CCCC1. The van der Waals surface area contributed by atoms with E-state index in [1.165, 1.54) is 0 Å². The lowest BCUT2D eigenvalue weighted by Crippen LogP contribution is -2.30. The van der Waals surface area contributed by atoms with Crippen LogP contribution >= 0.6 is 11.6 Å². The van der Waals surface area contributed by atoms with Gasteiger partial charge in [0.2, 0.25) is 5.91 Å². The highest BCUT2D eigenvalue weighted by atomic mass is 35.5. The molecule has 0 bridgehead atoms. The molecule has 0 heterocycles. The lowest BCUT2D eigenvalue weighted by molar-refractivity contribution is -0.124. The maximum absolute atomic E-state index is 12.1. The van der Waals surface area contributed by atoms with E-state index in [0.29, 0.717) is 16.4 Å². The number of hydrogen-bond donors (Lipinski definition) is 2. The first-order valence-electron chi connectivity index (χ1n) is 5.88. The van der Waals surface area contributed by atoms with Crippen molar-refractivity contribution in [3.05, 3.63) is 23.2 Å². The number of benzene rings is 1. The minimum absolute atomic E-state index is 0.0803. The number of nitrogens with one attached hydrogen (secondary N) is 1. The number of carbonyl (C=O) groups is 1. The maximum Gasteiger partial charge on any atom is 0.230 e. The lowest BCUT2D eigenvalue weighted by Gasteiger charge is -2.22. The highest BCUT2D eigenvalue weighted by Crippen LogP contribution is 2.38. The zero-order chi connectivity index (χ0) is 12.5. The van der Waals surface area contributed by atoms with Crippen LogP contribution in [0.3, 0.4) is 0 Å². The van der Waals surface area contributed by atoms with Gasteiger partial charge in [0, 0.05) is 11.1 Å². The topological polar surface area (TPSA) is 55.1 Å². The normalized spacial score (nSPS) is 18.0. The Bertz CT molecular complexity index is 439. The molecule has 1 aromatic carbocycles. The van der Waals surface area contributed by atoms with Gasteiger partial charge < -0.3 is 11.1 Å². The van der Waals surface area contributed by atoms with Crippen LogP contribution in [0, 0.1) is 5.41 Å². The van der Waals surface area contributed by atoms with E-state index in [9.17, 15) is 4.79 Å². The molecule has 1 aliphatic rings. The smallest absolute Gasteiger partial charge is 0.230 e. The molecule has 17 heavy (non-hydrogen) atoms. The molecule has 1 aliphatic carbocycles. The Morgan fingerprint density at radius 1 is 1.41 bits per heavy atom. The van der Waals surface area contributed by atoms with Gasteiger partial charge in [-0.3, -0.25) is 4.79 Å². The molecule has 0 aliphatic heterocycles. The third-order valence-electron chi connectivity index (χ3n) is 3.51. The molecule has 0 atom stereocenters. The number of anilines is 2. The summed E-state index contributed by atoms with van der Waals surface area (Å²) in [7, 11) is 0. The average molecular weight is 253 g/mol. The van der Waals surface area contributed by atoms with Crippen LogP contribution in [0.15, 0.2) is 18.2 Å². The first-order valence-corrected chi connectivity index (χ1v) is 6.25. The minimum atomic E-state index is -0.228. The van der Waals surface area contributed by atoms with Crippen LogP contribution in [0.5, 0.6) is 0 Å². The van der Waals surface area contributed by atoms with Crippen LogP contribution in [-0.2, 0) is 4.79 Å². The van der Waals surface area contributed by atoms with Crippen molar-refractivity contribution in [3.63, 3.8) is 0 Å². The van der Waals surface area contributed by atoms with Crippen LogP contribution in [0.25, 0.3) is 0 Å². The molecule has 0 saturated heterocycles. The molecule has 1 aromatic rings. The zero-order valence-corrected chi connectivity index (χ0v) is 10.7. The Morgan fingerprint density at radius 2 is 2.06 bits per heavy atom. The van der Waals surface area contributed by atoms with E-state index in [2.05, 4.69) is 5.32 Å². The van der Waals surface area contributed by atoms with E-state index in [1.54, 1.807) is 18.2 Å². The maximum atomic E-state index is 12.1. The molecule has 1 saturated carbocycles. The van der Waals surface area contributed by atoms with Crippen LogP contribution in [0.1, 0.15) is 32.6 Å². The van der Waals surface area contributed by atoms with E-state index in [1.807, 2.05) is 6.92 Å². The van der Waals surface area contributed by atoms with Gasteiger partial charge >= 0.3 is 0 Å². The van der Waals surface area contributed by atoms with Gasteiger partial charge in [-0.25, -0.2) is 0 Å². The zero-order valence-electron chi connectivity index (χ0n) is 9.92. The second-order valence-corrected chi connectivity index (χ2v) is 5.37. The Labute approximate surface area is 106 Å². The van der Waals surface area contributed by atoms with E-state index < -0.39 is 0 Å². The number of carbonyl (C=O) groups excluding carboxylic acids is 1. The molecule has 0 aromatic heterocycles. The number of halogens is 1. The summed E-state index contributed by atoms with van der Waals surface area (Å²) < 4.78 is 0. The van der Waals surface area contributed by atoms with Gasteiger partial charge in [0.1, 0.15) is 0 Å². The Morgan fingerprint density at radius 3 is 2.65 bits per heavy atom. The van der Waals surface area contributed by atoms with E-state index >= 15 is 0 Å². The van der Waals surface area contributed by atoms with Gasteiger partial charge in [0.25, 0.3) is 0 Å². The van der Waals surface area contributed by atoms with E-state index in [0.717, 1.165) is 25.7 Å². The predicted molar refractivity (Wildman–Crippen MR) is 71.1 cm³/mol. The second-order valence-electron chi connectivity index (χ2n) is 4.96. The lowest BCUT2D eigenvalue weighted by atomic mass is 9.88. The van der Waals surface area contributed by atoms with Gasteiger partial charge in [-0.05, 0) is 31.0 Å². The van der Waals surface area contributed by atoms with Crippen molar-refractivity contribution in [2.45, 2.75) is 32.6 Å². The third kappa shape index (κ3) is 2.55. The van der Waals surface area contributed by atoms with Crippen molar-refractivity contribution in [2.24, 2.45) is 5.41 Å². The van der Waals surface area contributed by atoms with Crippen molar-refractivity contribution in [1.82, 2.24) is 0 Å². The van der Waals surface area contributed by atoms with E-state index in [-0.39, 0.29) is 11.3 Å². The van der Waals surface area contributed by atoms with Gasteiger partial charge in [-0.1, -0.05) is 31.4 Å². The van der Waals surface area contributed by atoms with Crippen molar-refractivity contribution in [2.75, 3.05) is 11.1 Å². The standard InChI is InChI=1S/C13H17ClN2O/c1-13(6-2-3-7-13)12(17)16-9-4-5-10(14)11(15)8-9/h4-5,8H,2-3,6-7,15H2,1H3,(H,16,17). The summed E-state index contributed by atoms with van der Waals surface area (Å²) in [5, 5.41) is 3.42. The Kier molecular flexibility index (Phi) is 3.29. The van der Waals surface area contributed by atoms with Gasteiger partial charge in [-0.2, -0.15) is 0 Å². The summed E-state index contributed by atoms with van der Waals surface area (Å²) in [6.07, 6.45) is 4.18. The van der Waals surface area contributed by atoms with Crippen LogP contribution in [0.2, 0.25) is 5.02 Å². The molecule has 1 fully saturated rings. The first kappa shape index (κ1) is 12.2. The van der Waals surface area contributed by atoms with Crippen molar-refractivity contribution in [3.8, 4) is 0 Å². The van der Waals surface area contributed by atoms with E-state index in [4.69, 9.17) is 17.3 Å². The molecule has 92 valence electrons. The quantitative estimate of drug-likeness (QED) is 0.793. The summed E-state index contributed by atoms with van der Waals surface area (Å²) in [6, 6.07) is 5.16. The molecule has 3 nitrogen and oxygen atoms in total. The summed E-state index contributed by atoms with van der Waals surface area (Å²) in [6.45, 7) is 2.02. The number of rotatable bonds is 2. The number of nitrogens with two attached hydrogens (primary N) is 1. The van der Waals surface area contributed by atoms with Crippen molar-refractivity contribution < 1.29 is 4.79 Å². The summed E-state index contributed by atoms with van der Waals surface area (Å²) in [5.74, 6) is 0.0803. The summed E-state index contributed by atoms with van der Waals surface area (Å²) in [4.78, 5) is 12.1. The molecule has 0 unspecified atom stereocenters. The molecule has 0 spiro atoms. The largest absolute Gasteiger partial charge is 0.397 e. The second kappa shape index (κ2) is 4.57. The molecule has 3 N–H and O–H groups in total. The summed E-state index contributed by atoms with van der Waals surface area (Å²) in [5.41, 5.74) is 6.67. The molecule has 4 heteroatoms. The highest BCUT2D eigenvalue weighted by molar-refractivity contribution is 6.33. The Hall–Kier alpha value is -1.22. The molecule has 0 radical (unpaired) electrons. The van der Waals surface area contributed by atoms with Crippen molar-refractivity contribution in [1.29, 1.82) is 0 Å². The highest BCUT2D eigenvalue weighted by Gasteiger charge is 2.36. The van der Waals surface area contributed by atoms with Crippen LogP contribution in [-0.4, -0.2) is 5.91 Å². The van der Waals surface area contributed by atoms with Gasteiger partial charge in [0.15, 0.2) is 0 Å². The molecule has 2 rings (SSSR count). The predicted octanol–water partition coefficient (Wildman–Crippen LogP) is 3.44. The third-order valence-corrected chi connectivity index (χ3v) is 3.85. The van der Waals surface area contributed by atoms with Gasteiger partial charge in [0.05, 0.1) is 10.7 Å². The number of amides is 1. The average Bonchev–Trinajstić information content (AvgIpc) is 2.72. The molecular formula is C13H17ClN2O. The van der Waals surface area contributed by atoms with Gasteiger partial charge in [-0.15, -0.1) is 0 Å². The van der Waals surface area contributed by atoms with Crippen LogP contribution in [0.4, 0.5) is 11.4 Å². The number of hydrogen-bond acceptors (Lipinski definition) is 2. The monoisotopic (exact) mass is 252 g/mol. The van der Waals surface area contributed by atoms with Crippen molar-refractivity contribution >= 4 is 28.9 Å². The first-order chi connectivity index (χ1) is 8.01.